The fourth-order valence-corrected chi connectivity index (χ4v) is 2.46. The van der Waals surface area contributed by atoms with Gasteiger partial charge in [-0.15, -0.1) is 0 Å². The maximum Gasteiger partial charge on any atom is 0.269 e. The fraction of sp³-hybridized carbons (Fsp3) is 0.158. The summed E-state index contributed by atoms with van der Waals surface area (Å²) >= 11 is 0. The molecular formula is C19H19N3O3. The molecule has 6 nitrogen and oxygen atoms in total. The van der Waals surface area contributed by atoms with Gasteiger partial charge in [0.2, 0.25) is 0 Å². The van der Waals surface area contributed by atoms with Crippen LogP contribution in [0, 0.1) is 6.92 Å². The number of nitrogens with zero attached hydrogens (tertiary/aromatic N) is 1. The lowest BCUT2D eigenvalue weighted by Gasteiger charge is -2.05. The van der Waals surface area contributed by atoms with E-state index in [1.807, 2.05) is 43.3 Å². The Morgan fingerprint density at radius 2 is 2.00 bits per heavy atom. The van der Waals surface area contributed by atoms with Crippen molar-refractivity contribution in [2.24, 2.45) is 0 Å². The highest BCUT2D eigenvalue weighted by atomic mass is 16.5. The van der Waals surface area contributed by atoms with Crippen molar-refractivity contribution in [2.45, 2.75) is 13.5 Å². The summed E-state index contributed by atoms with van der Waals surface area (Å²) in [6, 6.07) is 14.5. The number of ether oxygens (including phenoxy) is 1. The van der Waals surface area contributed by atoms with Crippen LogP contribution in [0.15, 0.2) is 48.5 Å². The van der Waals surface area contributed by atoms with E-state index >= 15 is 0 Å². The Balaban J connectivity index is 1.69. The molecule has 0 spiro atoms. The van der Waals surface area contributed by atoms with Crippen molar-refractivity contribution in [1.29, 1.82) is 0 Å². The van der Waals surface area contributed by atoms with E-state index < -0.39 is 0 Å². The minimum Gasteiger partial charge on any atom is -0.507 e. The van der Waals surface area contributed by atoms with Gasteiger partial charge in [-0.05, 0) is 42.3 Å². The van der Waals surface area contributed by atoms with Crippen LogP contribution in [0.25, 0.3) is 11.3 Å². The maximum atomic E-state index is 12.3. The van der Waals surface area contributed by atoms with Gasteiger partial charge < -0.3 is 15.2 Å². The van der Waals surface area contributed by atoms with Crippen molar-refractivity contribution in [3.8, 4) is 22.8 Å². The molecule has 2 aromatic carbocycles. The summed E-state index contributed by atoms with van der Waals surface area (Å²) < 4.78 is 5.11. The van der Waals surface area contributed by atoms with Crippen molar-refractivity contribution in [3.05, 3.63) is 65.4 Å². The smallest absolute Gasteiger partial charge is 0.269 e. The predicted molar refractivity (Wildman–Crippen MR) is 94.6 cm³/mol. The third-order valence-corrected chi connectivity index (χ3v) is 3.95. The van der Waals surface area contributed by atoms with Gasteiger partial charge in [0.25, 0.3) is 5.91 Å². The van der Waals surface area contributed by atoms with Crippen LogP contribution in [-0.2, 0) is 6.54 Å². The summed E-state index contributed by atoms with van der Waals surface area (Å²) in [6.07, 6.45) is 0. The Bertz CT molecular complexity index is 885. The number of aryl methyl sites for hydroxylation is 1. The molecule has 0 saturated carbocycles. The zero-order valence-electron chi connectivity index (χ0n) is 14.0. The molecule has 0 bridgehead atoms. The molecule has 128 valence electrons. The lowest BCUT2D eigenvalue weighted by molar-refractivity contribution is 0.0946. The van der Waals surface area contributed by atoms with Crippen LogP contribution in [-0.4, -0.2) is 28.3 Å². The first-order chi connectivity index (χ1) is 12.1. The lowest BCUT2D eigenvalue weighted by atomic mass is 10.1. The van der Waals surface area contributed by atoms with Gasteiger partial charge in [-0.1, -0.05) is 24.3 Å². The molecule has 1 heterocycles. The highest BCUT2D eigenvalue weighted by molar-refractivity contribution is 5.93. The molecule has 0 aliphatic heterocycles. The largest absolute Gasteiger partial charge is 0.507 e. The van der Waals surface area contributed by atoms with Crippen LogP contribution in [0.2, 0.25) is 0 Å². The minimum absolute atomic E-state index is 0.166. The molecule has 3 rings (SSSR count). The van der Waals surface area contributed by atoms with E-state index in [0.717, 1.165) is 16.9 Å². The summed E-state index contributed by atoms with van der Waals surface area (Å²) in [5.74, 6) is 0.673. The van der Waals surface area contributed by atoms with Crippen LogP contribution in [0.5, 0.6) is 11.5 Å². The number of carbonyl (C=O) groups is 1. The number of aromatic amines is 1. The number of phenolic OH excluding ortho intramolecular Hbond substituents is 1. The van der Waals surface area contributed by atoms with Gasteiger partial charge in [-0.2, -0.15) is 5.10 Å². The minimum atomic E-state index is -0.262. The normalized spacial score (nSPS) is 10.5. The third-order valence-electron chi connectivity index (χ3n) is 3.95. The van der Waals surface area contributed by atoms with Gasteiger partial charge in [-0.3, -0.25) is 9.89 Å². The number of hydrogen-bond donors (Lipinski definition) is 3. The van der Waals surface area contributed by atoms with Crippen LogP contribution < -0.4 is 10.1 Å². The number of rotatable bonds is 5. The number of hydrogen-bond acceptors (Lipinski definition) is 4. The number of phenols is 1. The number of nitrogens with one attached hydrogen (secondary N) is 2. The first-order valence-corrected chi connectivity index (χ1v) is 7.84. The number of aromatic nitrogens is 2. The molecule has 1 aromatic heterocycles. The molecule has 0 saturated heterocycles. The van der Waals surface area contributed by atoms with Gasteiger partial charge in [0.15, 0.2) is 0 Å². The van der Waals surface area contributed by atoms with Crippen molar-refractivity contribution >= 4 is 5.91 Å². The molecule has 1 amide bonds. The van der Waals surface area contributed by atoms with Crippen molar-refractivity contribution in [3.63, 3.8) is 0 Å². The van der Waals surface area contributed by atoms with Crippen LogP contribution in [0.3, 0.4) is 0 Å². The highest BCUT2D eigenvalue weighted by Gasteiger charge is 2.14. The van der Waals surface area contributed by atoms with Crippen molar-refractivity contribution in [2.75, 3.05) is 7.11 Å². The molecule has 0 aliphatic rings. The van der Waals surface area contributed by atoms with E-state index in [-0.39, 0.29) is 11.7 Å². The second-order valence-corrected chi connectivity index (χ2v) is 5.67. The number of benzene rings is 2. The summed E-state index contributed by atoms with van der Waals surface area (Å²) in [5.41, 5.74) is 3.17. The summed E-state index contributed by atoms with van der Waals surface area (Å²) in [7, 11) is 1.61. The standard InChI is InChI=1S/C19H19N3O3/c1-12-4-3-5-15(18(12)23)16-10-17(22-21-16)19(24)20-11-13-6-8-14(25-2)9-7-13/h3-10,23H,11H2,1-2H3,(H,20,24)(H,21,22). The molecule has 6 heteroatoms. The Kier molecular flexibility index (Phi) is 4.70. The predicted octanol–water partition coefficient (Wildman–Crippen LogP) is 3.03. The number of amides is 1. The van der Waals surface area contributed by atoms with Crippen LogP contribution >= 0.6 is 0 Å². The van der Waals surface area contributed by atoms with Gasteiger partial charge >= 0.3 is 0 Å². The number of H-pyrrole nitrogens is 1. The zero-order chi connectivity index (χ0) is 17.8. The number of carbonyl (C=O) groups excluding carboxylic acids is 1. The molecular weight excluding hydrogens is 318 g/mol. The zero-order valence-corrected chi connectivity index (χ0v) is 14.0. The number of para-hydroxylation sites is 1. The van der Waals surface area contributed by atoms with E-state index in [2.05, 4.69) is 15.5 Å². The number of aromatic hydroxyl groups is 1. The van der Waals surface area contributed by atoms with Crippen LogP contribution in [0.1, 0.15) is 21.6 Å². The Hall–Kier alpha value is -3.28. The second kappa shape index (κ2) is 7.09. The van der Waals surface area contributed by atoms with E-state index in [9.17, 15) is 9.90 Å². The summed E-state index contributed by atoms with van der Waals surface area (Å²) in [6.45, 7) is 2.21. The molecule has 25 heavy (non-hydrogen) atoms. The molecule has 3 N–H and O–H groups in total. The summed E-state index contributed by atoms with van der Waals surface area (Å²) in [4.78, 5) is 12.3. The molecule has 0 atom stereocenters. The maximum absolute atomic E-state index is 12.3. The SMILES string of the molecule is COc1ccc(CNC(=O)c2cc(-c3cccc(C)c3O)n[nH]2)cc1. The Morgan fingerprint density at radius 1 is 1.24 bits per heavy atom. The monoisotopic (exact) mass is 337 g/mol. The van der Waals surface area contributed by atoms with Gasteiger partial charge in [0.1, 0.15) is 17.2 Å². The van der Waals surface area contributed by atoms with E-state index in [1.54, 1.807) is 19.2 Å². The van der Waals surface area contributed by atoms with Crippen molar-refractivity contribution in [1.82, 2.24) is 15.5 Å². The average Bonchev–Trinajstić information content (AvgIpc) is 3.12. The van der Waals surface area contributed by atoms with Crippen LogP contribution in [0.4, 0.5) is 0 Å². The average molecular weight is 337 g/mol. The van der Waals surface area contributed by atoms with E-state index in [1.165, 1.54) is 0 Å². The first-order valence-electron chi connectivity index (χ1n) is 7.84. The first kappa shape index (κ1) is 16.6. The summed E-state index contributed by atoms with van der Waals surface area (Å²) in [5, 5.41) is 19.8. The third kappa shape index (κ3) is 3.63. The molecule has 3 aromatic rings. The lowest BCUT2D eigenvalue weighted by Crippen LogP contribution is -2.23. The topological polar surface area (TPSA) is 87.2 Å². The van der Waals surface area contributed by atoms with E-state index in [4.69, 9.17) is 4.74 Å². The Labute approximate surface area is 145 Å². The van der Waals surface area contributed by atoms with Gasteiger partial charge in [-0.25, -0.2) is 0 Å². The van der Waals surface area contributed by atoms with Crippen molar-refractivity contribution < 1.29 is 14.6 Å². The molecule has 0 aliphatic carbocycles. The molecule has 0 radical (unpaired) electrons. The fourth-order valence-electron chi connectivity index (χ4n) is 2.46. The number of methoxy groups -OCH3 is 1. The second-order valence-electron chi connectivity index (χ2n) is 5.67. The van der Waals surface area contributed by atoms with Gasteiger partial charge in [0.05, 0.1) is 12.8 Å². The van der Waals surface area contributed by atoms with Gasteiger partial charge in [0, 0.05) is 12.1 Å². The quantitative estimate of drug-likeness (QED) is 0.668. The molecule has 0 unspecified atom stereocenters. The Morgan fingerprint density at radius 3 is 2.72 bits per heavy atom. The van der Waals surface area contributed by atoms with E-state index in [0.29, 0.717) is 23.5 Å². The molecule has 0 fully saturated rings. The highest BCUT2D eigenvalue weighted by Crippen LogP contribution is 2.30.